The van der Waals surface area contributed by atoms with Crippen molar-refractivity contribution in [3.63, 3.8) is 0 Å². The predicted molar refractivity (Wildman–Crippen MR) is 132 cm³/mol. The Morgan fingerprint density at radius 1 is 1.06 bits per heavy atom. The fourth-order valence-electron chi connectivity index (χ4n) is 4.95. The van der Waals surface area contributed by atoms with Crippen molar-refractivity contribution < 1.29 is 23.4 Å². The number of carboxylic acids is 1. The van der Waals surface area contributed by atoms with Gasteiger partial charge in [0.1, 0.15) is 12.4 Å². The quantitative estimate of drug-likeness (QED) is 0.291. The first-order valence-corrected chi connectivity index (χ1v) is 12.2. The van der Waals surface area contributed by atoms with Crippen molar-refractivity contribution in [1.29, 1.82) is 0 Å². The fraction of sp³-hybridized carbons (Fsp3) is 0.296. The van der Waals surface area contributed by atoms with Crippen molar-refractivity contribution in [2.24, 2.45) is 5.92 Å². The van der Waals surface area contributed by atoms with Crippen molar-refractivity contribution in [2.45, 2.75) is 38.1 Å². The van der Waals surface area contributed by atoms with Gasteiger partial charge in [-0.2, -0.15) is 0 Å². The van der Waals surface area contributed by atoms with Gasteiger partial charge in [-0.05, 0) is 49.1 Å². The normalized spacial score (nSPS) is 15.2. The molecule has 1 aliphatic rings. The number of aromatic nitrogens is 3. The number of imidazole rings is 1. The minimum Gasteiger partial charge on any atom is -0.477 e. The summed E-state index contributed by atoms with van der Waals surface area (Å²) in [7, 11) is 0. The highest BCUT2D eigenvalue weighted by molar-refractivity contribution is 6.30. The van der Waals surface area contributed by atoms with E-state index in [1.165, 1.54) is 12.1 Å². The zero-order valence-corrected chi connectivity index (χ0v) is 20.1. The van der Waals surface area contributed by atoms with Gasteiger partial charge in [0, 0.05) is 28.8 Å². The molecule has 2 aromatic carbocycles. The molecule has 1 unspecified atom stereocenters. The summed E-state index contributed by atoms with van der Waals surface area (Å²) in [5.41, 5.74) is 1.44. The molecule has 36 heavy (non-hydrogen) atoms. The van der Waals surface area contributed by atoms with E-state index in [1.54, 1.807) is 24.3 Å². The lowest BCUT2D eigenvalue weighted by Gasteiger charge is -2.32. The number of aromatic carboxylic acids is 1. The number of benzene rings is 2. The Labute approximate surface area is 211 Å². The first-order chi connectivity index (χ1) is 17.4. The summed E-state index contributed by atoms with van der Waals surface area (Å²) in [5.74, 6) is -2.13. The van der Waals surface area contributed by atoms with Crippen molar-refractivity contribution in [1.82, 2.24) is 14.5 Å². The van der Waals surface area contributed by atoms with Gasteiger partial charge in [0.15, 0.2) is 17.3 Å². The van der Waals surface area contributed by atoms with E-state index in [4.69, 9.17) is 16.3 Å². The molecule has 1 saturated carbocycles. The van der Waals surface area contributed by atoms with Crippen LogP contribution in [0.25, 0.3) is 22.4 Å². The monoisotopic (exact) mass is 511 g/mol. The molecule has 0 bridgehead atoms. The zero-order valence-electron chi connectivity index (χ0n) is 19.3. The average Bonchev–Trinajstić information content (AvgIpc) is 3.23. The zero-order chi connectivity index (χ0) is 25.2. The molecule has 2 heterocycles. The SMILES string of the molecule is O=C(O)c1cccc(OCC(C2CCCCC2)n2c(-c3ccc(Cl)cc3)nc3cc(F)c(F)cc32)n1. The Hall–Kier alpha value is -3.52. The van der Waals surface area contributed by atoms with Crippen molar-refractivity contribution in [3.8, 4) is 17.3 Å². The first-order valence-electron chi connectivity index (χ1n) is 11.9. The van der Waals surface area contributed by atoms with Crippen molar-refractivity contribution in [2.75, 3.05) is 6.61 Å². The van der Waals surface area contributed by atoms with Gasteiger partial charge in [-0.1, -0.05) is 36.9 Å². The molecule has 1 N–H and O–H groups in total. The molecule has 0 amide bonds. The van der Waals surface area contributed by atoms with E-state index >= 15 is 0 Å². The minimum absolute atomic E-state index is 0.116. The van der Waals surface area contributed by atoms with Gasteiger partial charge in [-0.25, -0.2) is 23.5 Å². The Balaban J connectivity index is 1.62. The highest BCUT2D eigenvalue weighted by Crippen LogP contribution is 2.39. The Morgan fingerprint density at radius 3 is 2.50 bits per heavy atom. The molecule has 9 heteroatoms. The van der Waals surface area contributed by atoms with E-state index in [9.17, 15) is 18.7 Å². The summed E-state index contributed by atoms with van der Waals surface area (Å²) in [5, 5.41) is 9.85. The van der Waals surface area contributed by atoms with Crippen LogP contribution in [-0.4, -0.2) is 32.2 Å². The molecule has 2 aromatic heterocycles. The van der Waals surface area contributed by atoms with Crippen LogP contribution in [0.5, 0.6) is 5.88 Å². The van der Waals surface area contributed by atoms with E-state index in [0.717, 1.165) is 43.7 Å². The second-order valence-corrected chi connectivity index (χ2v) is 9.45. The van der Waals surface area contributed by atoms with Gasteiger partial charge >= 0.3 is 5.97 Å². The summed E-state index contributed by atoms with van der Waals surface area (Å²) >= 11 is 6.10. The number of ether oxygens (including phenoxy) is 1. The van der Waals surface area contributed by atoms with Crippen LogP contribution in [-0.2, 0) is 0 Å². The third-order valence-electron chi connectivity index (χ3n) is 6.70. The number of fused-ring (bicyclic) bond motifs is 1. The number of hydrogen-bond donors (Lipinski definition) is 1. The predicted octanol–water partition coefficient (Wildman–Crippen LogP) is 6.93. The molecule has 0 aliphatic heterocycles. The van der Waals surface area contributed by atoms with Crippen LogP contribution in [0, 0.1) is 17.6 Å². The van der Waals surface area contributed by atoms with Crippen LogP contribution >= 0.6 is 11.6 Å². The third-order valence-corrected chi connectivity index (χ3v) is 6.96. The second-order valence-electron chi connectivity index (χ2n) is 9.01. The Kier molecular flexibility index (Phi) is 6.87. The van der Waals surface area contributed by atoms with E-state index < -0.39 is 17.6 Å². The third kappa shape index (κ3) is 4.91. The first kappa shape index (κ1) is 24.2. The van der Waals surface area contributed by atoms with Gasteiger partial charge < -0.3 is 14.4 Å². The van der Waals surface area contributed by atoms with E-state index in [2.05, 4.69) is 9.97 Å². The molecule has 186 valence electrons. The maximum atomic E-state index is 14.4. The molecule has 0 radical (unpaired) electrons. The number of halogens is 3. The minimum atomic E-state index is -1.15. The van der Waals surface area contributed by atoms with E-state index in [0.29, 0.717) is 21.9 Å². The number of nitrogens with zero attached hydrogens (tertiary/aromatic N) is 3. The summed E-state index contributed by atoms with van der Waals surface area (Å²) in [4.78, 5) is 20.1. The second kappa shape index (κ2) is 10.2. The lowest BCUT2D eigenvalue weighted by Crippen LogP contribution is -2.28. The maximum absolute atomic E-state index is 14.4. The van der Waals surface area contributed by atoms with Crippen LogP contribution in [0.15, 0.2) is 54.6 Å². The Bertz CT molecular complexity index is 1400. The van der Waals surface area contributed by atoms with Crippen molar-refractivity contribution in [3.05, 3.63) is 76.9 Å². The van der Waals surface area contributed by atoms with Crippen LogP contribution in [0.3, 0.4) is 0 Å². The van der Waals surface area contributed by atoms with Crippen LogP contribution in [0.4, 0.5) is 8.78 Å². The number of hydrogen-bond acceptors (Lipinski definition) is 4. The van der Waals surface area contributed by atoms with Gasteiger partial charge in [0.2, 0.25) is 5.88 Å². The number of pyridine rings is 1. The average molecular weight is 512 g/mol. The maximum Gasteiger partial charge on any atom is 0.354 e. The topological polar surface area (TPSA) is 77.2 Å². The van der Waals surface area contributed by atoms with Crippen LogP contribution in [0.2, 0.25) is 5.02 Å². The largest absolute Gasteiger partial charge is 0.477 e. The molecule has 0 spiro atoms. The lowest BCUT2D eigenvalue weighted by molar-refractivity contribution is 0.0688. The molecule has 1 aliphatic carbocycles. The van der Waals surface area contributed by atoms with Gasteiger partial charge in [-0.3, -0.25) is 0 Å². The van der Waals surface area contributed by atoms with Crippen LogP contribution < -0.4 is 4.74 Å². The number of rotatable bonds is 7. The number of carboxylic acid groups (broad SMARTS) is 1. The summed E-state index contributed by atoms with van der Waals surface area (Å²) in [6, 6.07) is 13.7. The van der Waals surface area contributed by atoms with Crippen LogP contribution in [0.1, 0.15) is 48.6 Å². The molecule has 4 aromatic rings. The Morgan fingerprint density at radius 2 is 1.78 bits per heavy atom. The molecule has 6 nitrogen and oxygen atoms in total. The molecule has 0 saturated heterocycles. The standard InChI is InChI=1S/C27H24ClF2N3O3/c28-18-11-9-17(10-12-18)26-32-22-13-19(29)20(30)14-23(22)33(26)24(16-5-2-1-3-6-16)15-36-25-8-4-7-21(31-25)27(34)35/h4,7-14,16,24H,1-3,5-6,15H2,(H,34,35). The molecule has 1 fully saturated rings. The molecule has 5 rings (SSSR count). The molecular weight excluding hydrogens is 488 g/mol. The van der Waals surface area contributed by atoms with E-state index in [1.807, 2.05) is 16.7 Å². The molecule has 1 atom stereocenters. The number of carbonyl (C=O) groups is 1. The van der Waals surface area contributed by atoms with Gasteiger partial charge in [0.05, 0.1) is 17.1 Å². The highest BCUT2D eigenvalue weighted by atomic mass is 35.5. The fourth-order valence-corrected chi connectivity index (χ4v) is 5.08. The van der Waals surface area contributed by atoms with Crippen molar-refractivity contribution >= 4 is 28.6 Å². The lowest BCUT2D eigenvalue weighted by atomic mass is 9.83. The van der Waals surface area contributed by atoms with Gasteiger partial charge in [-0.15, -0.1) is 0 Å². The van der Waals surface area contributed by atoms with E-state index in [-0.39, 0.29) is 30.1 Å². The smallest absolute Gasteiger partial charge is 0.354 e. The summed E-state index contributed by atoms with van der Waals surface area (Å²) in [6.07, 6.45) is 5.14. The van der Waals surface area contributed by atoms with Gasteiger partial charge in [0.25, 0.3) is 0 Å². The summed E-state index contributed by atoms with van der Waals surface area (Å²) in [6.45, 7) is 0.159. The highest BCUT2D eigenvalue weighted by Gasteiger charge is 2.30. The summed E-state index contributed by atoms with van der Waals surface area (Å²) < 4.78 is 36.6. The molecular formula is C27H24ClF2N3O3.